The Labute approximate surface area is 117 Å². The number of nitriles is 1. The van der Waals surface area contributed by atoms with Gasteiger partial charge in [0.1, 0.15) is 6.61 Å². The standard InChI is InChI=1S/C16H15FN2O/c17-15-9-12(6-7-18)4-5-16(15)20-11-14-3-1-2-13(8-14)10-19/h1-5,8-9H,6-7,11,18H2. The number of rotatable bonds is 5. The van der Waals surface area contributed by atoms with Crippen molar-refractivity contribution in [1.29, 1.82) is 5.26 Å². The van der Waals surface area contributed by atoms with E-state index < -0.39 is 5.82 Å². The summed E-state index contributed by atoms with van der Waals surface area (Å²) >= 11 is 0. The highest BCUT2D eigenvalue weighted by Crippen LogP contribution is 2.20. The predicted octanol–water partition coefficient (Wildman–Crippen LogP) is 2.78. The molecule has 0 aliphatic rings. The number of benzene rings is 2. The second kappa shape index (κ2) is 6.69. The number of halogens is 1. The van der Waals surface area contributed by atoms with E-state index in [-0.39, 0.29) is 12.4 Å². The summed E-state index contributed by atoms with van der Waals surface area (Å²) in [6, 6.07) is 14.0. The summed E-state index contributed by atoms with van der Waals surface area (Å²) in [7, 11) is 0. The Kier molecular flexibility index (Phi) is 4.70. The molecule has 4 heteroatoms. The molecule has 0 bridgehead atoms. The van der Waals surface area contributed by atoms with E-state index in [0.29, 0.717) is 18.5 Å². The van der Waals surface area contributed by atoms with Crippen LogP contribution < -0.4 is 10.5 Å². The first-order chi connectivity index (χ1) is 9.72. The SMILES string of the molecule is N#Cc1cccc(COc2ccc(CCN)cc2F)c1. The van der Waals surface area contributed by atoms with Crippen LogP contribution in [0.5, 0.6) is 5.75 Å². The maximum Gasteiger partial charge on any atom is 0.165 e. The molecule has 0 aliphatic heterocycles. The molecule has 102 valence electrons. The highest BCUT2D eigenvalue weighted by atomic mass is 19.1. The summed E-state index contributed by atoms with van der Waals surface area (Å²) in [6.07, 6.45) is 0.640. The first-order valence-corrected chi connectivity index (χ1v) is 6.33. The molecule has 0 heterocycles. The van der Waals surface area contributed by atoms with Gasteiger partial charge in [0.15, 0.2) is 11.6 Å². The molecule has 0 unspecified atom stereocenters. The van der Waals surface area contributed by atoms with Gasteiger partial charge in [0.25, 0.3) is 0 Å². The molecule has 0 aliphatic carbocycles. The van der Waals surface area contributed by atoms with Crippen LogP contribution >= 0.6 is 0 Å². The van der Waals surface area contributed by atoms with E-state index in [1.165, 1.54) is 6.07 Å². The van der Waals surface area contributed by atoms with Crippen LogP contribution in [-0.2, 0) is 13.0 Å². The van der Waals surface area contributed by atoms with Gasteiger partial charge in [-0.1, -0.05) is 18.2 Å². The quantitative estimate of drug-likeness (QED) is 0.908. The monoisotopic (exact) mass is 270 g/mol. The average molecular weight is 270 g/mol. The van der Waals surface area contributed by atoms with Gasteiger partial charge < -0.3 is 10.5 Å². The minimum Gasteiger partial charge on any atom is -0.486 e. The van der Waals surface area contributed by atoms with Crippen LogP contribution in [0.2, 0.25) is 0 Å². The molecular formula is C16H15FN2O. The zero-order chi connectivity index (χ0) is 14.4. The molecule has 2 N–H and O–H groups in total. The Morgan fingerprint density at radius 2 is 2.00 bits per heavy atom. The minimum atomic E-state index is -0.396. The summed E-state index contributed by atoms with van der Waals surface area (Å²) < 4.78 is 19.2. The van der Waals surface area contributed by atoms with Crippen molar-refractivity contribution in [3.63, 3.8) is 0 Å². The van der Waals surface area contributed by atoms with Gasteiger partial charge in [-0.3, -0.25) is 0 Å². The number of hydrogen-bond acceptors (Lipinski definition) is 3. The summed E-state index contributed by atoms with van der Waals surface area (Å²) in [5.41, 5.74) is 7.67. The fourth-order valence-electron chi connectivity index (χ4n) is 1.88. The zero-order valence-corrected chi connectivity index (χ0v) is 11.0. The van der Waals surface area contributed by atoms with Crippen LogP contribution in [0.15, 0.2) is 42.5 Å². The third-order valence-electron chi connectivity index (χ3n) is 2.88. The molecular weight excluding hydrogens is 255 g/mol. The second-order valence-corrected chi connectivity index (χ2v) is 4.40. The molecule has 20 heavy (non-hydrogen) atoms. The lowest BCUT2D eigenvalue weighted by molar-refractivity contribution is 0.290. The fraction of sp³-hybridized carbons (Fsp3) is 0.188. The van der Waals surface area contributed by atoms with E-state index in [0.717, 1.165) is 11.1 Å². The maximum atomic E-state index is 13.8. The fourth-order valence-corrected chi connectivity index (χ4v) is 1.88. The average Bonchev–Trinajstić information content (AvgIpc) is 2.47. The largest absolute Gasteiger partial charge is 0.486 e. The van der Waals surface area contributed by atoms with Gasteiger partial charge in [-0.25, -0.2) is 4.39 Å². The first-order valence-electron chi connectivity index (χ1n) is 6.33. The number of ether oxygens (including phenoxy) is 1. The number of nitrogens with two attached hydrogens (primary N) is 1. The summed E-state index contributed by atoms with van der Waals surface area (Å²) in [5.74, 6) is -0.194. The van der Waals surface area contributed by atoms with Gasteiger partial charge >= 0.3 is 0 Å². The molecule has 0 fully saturated rings. The van der Waals surface area contributed by atoms with Gasteiger partial charge in [0, 0.05) is 0 Å². The van der Waals surface area contributed by atoms with Gasteiger partial charge in [0.2, 0.25) is 0 Å². The molecule has 0 amide bonds. The topological polar surface area (TPSA) is 59.0 Å². The molecule has 3 nitrogen and oxygen atoms in total. The number of hydrogen-bond donors (Lipinski definition) is 1. The third-order valence-corrected chi connectivity index (χ3v) is 2.88. The lowest BCUT2D eigenvalue weighted by atomic mass is 10.1. The Morgan fingerprint density at radius 3 is 2.70 bits per heavy atom. The maximum absolute atomic E-state index is 13.8. The Hall–Kier alpha value is -2.38. The predicted molar refractivity (Wildman–Crippen MR) is 74.6 cm³/mol. The molecule has 0 saturated heterocycles. The van der Waals surface area contributed by atoms with Gasteiger partial charge in [-0.15, -0.1) is 0 Å². The molecule has 0 saturated carbocycles. The third kappa shape index (κ3) is 3.56. The van der Waals surface area contributed by atoms with Gasteiger partial charge in [-0.05, 0) is 48.4 Å². The van der Waals surface area contributed by atoms with Gasteiger partial charge in [-0.2, -0.15) is 5.26 Å². The van der Waals surface area contributed by atoms with Crippen molar-refractivity contribution < 1.29 is 9.13 Å². The zero-order valence-electron chi connectivity index (χ0n) is 11.0. The molecule has 0 radical (unpaired) electrons. The van der Waals surface area contributed by atoms with E-state index in [9.17, 15) is 4.39 Å². The first kappa shape index (κ1) is 14.0. The molecule has 2 aromatic carbocycles. The van der Waals surface area contributed by atoms with Crippen LogP contribution in [0.3, 0.4) is 0 Å². The Morgan fingerprint density at radius 1 is 1.15 bits per heavy atom. The van der Waals surface area contributed by atoms with E-state index in [4.69, 9.17) is 15.7 Å². The smallest absolute Gasteiger partial charge is 0.165 e. The minimum absolute atomic E-state index is 0.202. The van der Waals surface area contributed by atoms with Crippen molar-refractivity contribution in [2.24, 2.45) is 5.73 Å². The summed E-state index contributed by atoms with van der Waals surface area (Å²) in [5, 5.41) is 8.81. The van der Waals surface area contributed by atoms with Crippen LogP contribution in [0.1, 0.15) is 16.7 Å². The molecule has 2 aromatic rings. The van der Waals surface area contributed by atoms with Crippen molar-refractivity contribution in [3.05, 3.63) is 65.0 Å². The summed E-state index contributed by atoms with van der Waals surface area (Å²) in [4.78, 5) is 0. The lowest BCUT2D eigenvalue weighted by Crippen LogP contribution is -2.03. The van der Waals surface area contributed by atoms with Crippen LogP contribution in [0, 0.1) is 17.1 Å². The van der Waals surface area contributed by atoms with Crippen LogP contribution in [0.4, 0.5) is 4.39 Å². The van der Waals surface area contributed by atoms with Gasteiger partial charge in [0.05, 0.1) is 11.6 Å². The van der Waals surface area contributed by atoms with E-state index >= 15 is 0 Å². The van der Waals surface area contributed by atoms with Crippen molar-refractivity contribution >= 4 is 0 Å². The molecule has 0 spiro atoms. The molecule has 2 rings (SSSR count). The van der Waals surface area contributed by atoms with Crippen molar-refractivity contribution in [2.45, 2.75) is 13.0 Å². The Balaban J connectivity index is 2.05. The summed E-state index contributed by atoms with van der Waals surface area (Å²) in [6.45, 7) is 0.712. The molecule has 0 atom stereocenters. The highest BCUT2D eigenvalue weighted by molar-refractivity contribution is 5.33. The highest BCUT2D eigenvalue weighted by Gasteiger charge is 2.05. The van der Waals surface area contributed by atoms with Crippen molar-refractivity contribution in [2.75, 3.05) is 6.54 Å². The van der Waals surface area contributed by atoms with E-state index in [1.54, 1.807) is 30.3 Å². The second-order valence-electron chi connectivity index (χ2n) is 4.40. The van der Waals surface area contributed by atoms with E-state index in [1.807, 2.05) is 6.07 Å². The number of nitrogens with zero attached hydrogens (tertiary/aromatic N) is 1. The van der Waals surface area contributed by atoms with E-state index in [2.05, 4.69) is 6.07 Å². The van der Waals surface area contributed by atoms with Crippen LogP contribution in [0.25, 0.3) is 0 Å². The molecule has 0 aromatic heterocycles. The lowest BCUT2D eigenvalue weighted by Gasteiger charge is -2.09. The van der Waals surface area contributed by atoms with Crippen LogP contribution in [-0.4, -0.2) is 6.54 Å². The Bertz CT molecular complexity index is 635. The van der Waals surface area contributed by atoms with Crippen molar-refractivity contribution in [1.82, 2.24) is 0 Å². The normalized spacial score (nSPS) is 10.1. The van der Waals surface area contributed by atoms with Crippen molar-refractivity contribution in [3.8, 4) is 11.8 Å².